The fourth-order valence-corrected chi connectivity index (χ4v) is 8.62. The number of Topliss-reactive ketones (excluding diaryl/α,β-unsaturated/α-hetero) is 1. The molecule has 0 saturated carbocycles. The van der Waals surface area contributed by atoms with Crippen molar-refractivity contribution >= 4 is 17.9 Å². The number of nitrogens with zero attached hydrogens (tertiary/aromatic N) is 1. The molecule has 5 rings (SSSR count). The van der Waals surface area contributed by atoms with Crippen LogP contribution in [0.25, 0.3) is 0 Å². The number of hydrogen-bond acceptors (Lipinski definition) is 9. The largest absolute Gasteiger partial charge is 0.506 e. The minimum atomic E-state index is -1.68. The van der Waals surface area contributed by atoms with Gasteiger partial charge in [-0.05, 0) is 76.2 Å². The number of benzene rings is 1. The molecule has 2 heterocycles. The Kier molecular flexibility index (Phi) is 12.5. The first-order valence-corrected chi connectivity index (χ1v) is 18.5. The van der Waals surface area contributed by atoms with E-state index in [1.807, 2.05) is 13.1 Å². The van der Waals surface area contributed by atoms with Gasteiger partial charge in [0.25, 0.3) is 0 Å². The van der Waals surface area contributed by atoms with Crippen molar-refractivity contribution in [2.45, 2.75) is 152 Å². The lowest BCUT2D eigenvalue weighted by Gasteiger charge is -2.61. The van der Waals surface area contributed by atoms with E-state index < -0.39 is 41.8 Å². The second kappa shape index (κ2) is 16.6. The van der Waals surface area contributed by atoms with Crippen molar-refractivity contribution in [2.75, 3.05) is 13.6 Å². The number of carbonyl (C=O) groups is 3. The van der Waals surface area contributed by atoms with Crippen molar-refractivity contribution in [1.29, 1.82) is 0 Å². The average Bonchev–Trinajstić information content (AvgIpc) is 3.43. The molecule has 4 aliphatic rings. The molecule has 1 spiro atoms. The highest BCUT2D eigenvalue weighted by Crippen LogP contribution is 2.65. The molecule has 10 heteroatoms. The lowest BCUT2D eigenvalue weighted by molar-refractivity contribution is -0.172. The second-order valence-corrected chi connectivity index (χ2v) is 14.5. The molecule has 1 aromatic carbocycles. The standard InChI is InChI=1S/C39H55NO9/c1-3-4-5-6-7-8-9-10-11-12-13-14-15-16-17-18-28(41)26-31(48-37(44)45)36(43)47-30-21-22-39(46)32-25-27-19-20-29(42)34-33(27)38(39,35(30)49-34)23-24-40(32)2/h10-11,19-21,31-32,35,42,46H,3-9,12-18,22-26H2,1-2H3,(H,44,45)/b11-10+/t31-,32-,35+,38+,39-/m1/s1. The summed E-state index contributed by atoms with van der Waals surface area (Å²) in [6.07, 6.45) is 17.9. The molecule has 0 aromatic heterocycles. The third-order valence-electron chi connectivity index (χ3n) is 11.2. The quantitative estimate of drug-likeness (QED) is 0.0730. The number of ether oxygens (including phenoxy) is 3. The van der Waals surface area contributed by atoms with Crippen molar-refractivity contribution in [3.05, 3.63) is 47.2 Å². The van der Waals surface area contributed by atoms with E-state index in [2.05, 4.69) is 24.0 Å². The number of phenols is 1. The molecule has 1 aromatic rings. The lowest BCUT2D eigenvalue weighted by atomic mass is 9.50. The van der Waals surface area contributed by atoms with Crippen LogP contribution in [-0.2, 0) is 30.9 Å². The highest BCUT2D eigenvalue weighted by molar-refractivity contribution is 5.87. The molecule has 1 saturated heterocycles. The molecule has 0 unspecified atom stereocenters. The molecule has 0 amide bonds. The first kappa shape index (κ1) is 36.9. The van der Waals surface area contributed by atoms with Crippen LogP contribution in [0.1, 0.15) is 127 Å². The van der Waals surface area contributed by atoms with Gasteiger partial charge in [-0.2, -0.15) is 0 Å². The van der Waals surface area contributed by atoms with Crippen LogP contribution in [0.5, 0.6) is 11.5 Å². The second-order valence-electron chi connectivity index (χ2n) is 14.5. The number of allylic oxidation sites excluding steroid dienone is 2. The number of ketones is 1. The molecule has 270 valence electrons. The van der Waals surface area contributed by atoms with Gasteiger partial charge < -0.3 is 34.4 Å². The van der Waals surface area contributed by atoms with Crippen molar-refractivity contribution in [2.24, 2.45) is 0 Å². The fourth-order valence-electron chi connectivity index (χ4n) is 8.62. The zero-order valence-corrected chi connectivity index (χ0v) is 29.3. The summed E-state index contributed by atoms with van der Waals surface area (Å²) in [5, 5.41) is 32.4. The summed E-state index contributed by atoms with van der Waals surface area (Å²) in [6, 6.07) is 3.23. The van der Waals surface area contributed by atoms with E-state index in [9.17, 15) is 29.7 Å². The summed E-state index contributed by atoms with van der Waals surface area (Å²) in [7, 11) is 1.98. The van der Waals surface area contributed by atoms with Gasteiger partial charge in [0, 0.05) is 24.4 Å². The van der Waals surface area contributed by atoms with Gasteiger partial charge in [-0.1, -0.05) is 76.5 Å². The molecule has 2 aliphatic heterocycles. The fraction of sp³-hybridized carbons (Fsp3) is 0.667. The van der Waals surface area contributed by atoms with Gasteiger partial charge in [0.1, 0.15) is 11.5 Å². The van der Waals surface area contributed by atoms with Crippen LogP contribution in [-0.4, -0.2) is 75.6 Å². The zero-order valence-electron chi connectivity index (χ0n) is 29.3. The van der Waals surface area contributed by atoms with Crippen LogP contribution in [0.4, 0.5) is 4.79 Å². The number of likely N-dealkylation sites (tertiary alicyclic amines) is 1. The smallest absolute Gasteiger partial charge is 0.504 e. The maximum Gasteiger partial charge on any atom is 0.506 e. The Balaban J connectivity index is 1.10. The summed E-state index contributed by atoms with van der Waals surface area (Å²) in [5.41, 5.74) is -0.473. The van der Waals surface area contributed by atoms with E-state index in [-0.39, 0.29) is 41.9 Å². The summed E-state index contributed by atoms with van der Waals surface area (Å²) >= 11 is 0. The molecular weight excluding hydrogens is 626 g/mol. The van der Waals surface area contributed by atoms with Crippen molar-refractivity contribution < 1.29 is 43.9 Å². The first-order valence-electron chi connectivity index (χ1n) is 18.5. The predicted octanol–water partition coefficient (Wildman–Crippen LogP) is 7.27. The van der Waals surface area contributed by atoms with E-state index in [1.165, 1.54) is 38.5 Å². The van der Waals surface area contributed by atoms with E-state index in [0.29, 0.717) is 25.8 Å². The van der Waals surface area contributed by atoms with Gasteiger partial charge in [-0.3, -0.25) is 4.79 Å². The monoisotopic (exact) mass is 681 g/mol. The molecule has 49 heavy (non-hydrogen) atoms. The molecule has 2 aliphatic carbocycles. The number of carbonyl (C=O) groups excluding carboxylic acids is 2. The van der Waals surface area contributed by atoms with Crippen LogP contribution in [0.2, 0.25) is 0 Å². The zero-order chi connectivity index (χ0) is 35.0. The summed E-state index contributed by atoms with van der Waals surface area (Å²) in [6.45, 7) is 2.90. The Morgan fingerprint density at radius 2 is 1.69 bits per heavy atom. The number of likely N-dealkylation sites (N-methyl/N-ethyl adjacent to an activating group) is 1. The number of aliphatic hydroxyl groups is 1. The van der Waals surface area contributed by atoms with Crippen molar-refractivity contribution in [3.8, 4) is 11.5 Å². The van der Waals surface area contributed by atoms with Crippen molar-refractivity contribution in [1.82, 2.24) is 4.90 Å². The average molecular weight is 682 g/mol. The number of unbranched alkanes of at least 4 members (excludes halogenated alkanes) is 11. The van der Waals surface area contributed by atoms with Gasteiger partial charge in [0.2, 0.25) is 6.10 Å². The Hall–Kier alpha value is -3.37. The topological polar surface area (TPSA) is 143 Å². The third-order valence-corrected chi connectivity index (χ3v) is 11.2. The molecule has 1 fully saturated rings. The van der Waals surface area contributed by atoms with Crippen LogP contribution < -0.4 is 4.74 Å². The first-order chi connectivity index (χ1) is 23.6. The minimum Gasteiger partial charge on any atom is -0.504 e. The molecule has 2 bridgehead atoms. The van der Waals surface area contributed by atoms with Crippen LogP contribution in [0.15, 0.2) is 36.1 Å². The molecule has 10 nitrogen and oxygen atoms in total. The van der Waals surface area contributed by atoms with Crippen LogP contribution in [0.3, 0.4) is 0 Å². The van der Waals surface area contributed by atoms with E-state index in [0.717, 1.165) is 49.7 Å². The van der Waals surface area contributed by atoms with Gasteiger partial charge >= 0.3 is 12.1 Å². The van der Waals surface area contributed by atoms with Gasteiger partial charge in [-0.25, -0.2) is 9.59 Å². The number of rotatable bonds is 20. The minimum absolute atomic E-state index is 0.0544. The predicted molar refractivity (Wildman–Crippen MR) is 185 cm³/mol. The van der Waals surface area contributed by atoms with Crippen molar-refractivity contribution in [3.63, 3.8) is 0 Å². The number of piperidine rings is 1. The van der Waals surface area contributed by atoms with E-state index in [1.54, 1.807) is 12.1 Å². The Bertz CT molecular complexity index is 1400. The normalized spacial score (nSPS) is 25.7. The summed E-state index contributed by atoms with van der Waals surface area (Å²) < 4.78 is 16.9. The molecular formula is C39H55NO9. The molecule has 3 N–H and O–H groups in total. The Morgan fingerprint density at radius 1 is 1.02 bits per heavy atom. The number of hydrogen-bond donors (Lipinski definition) is 3. The van der Waals surface area contributed by atoms with Gasteiger partial charge in [0.05, 0.1) is 17.4 Å². The third kappa shape index (κ3) is 7.85. The van der Waals surface area contributed by atoms with Crippen LogP contribution >= 0.6 is 0 Å². The van der Waals surface area contributed by atoms with Gasteiger partial charge in [0.15, 0.2) is 17.6 Å². The number of aromatic hydroxyl groups is 1. The molecule has 5 atom stereocenters. The van der Waals surface area contributed by atoms with Crippen LogP contribution in [0, 0.1) is 0 Å². The van der Waals surface area contributed by atoms with Gasteiger partial charge in [-0.15, -0.1) is 0 Å². The van der Waals surface area contributed by atoms with E-state index >= 15 is 0 Å². The number of esters is 1. The number of carboxylic acid groups (broad SMARTS) is 1. The Morgan fingerprint density at radius 3 is 2.39 bits per heavy atom. The summed E-state index contributed by atoms with van der Waals surface area (Å²) in [4.78, 5) is 39.9. The number of phenolic OH excluding ortho intramolecular Hbond substituents is 1. The molecule has 0 radical (unpaired) electrons. The summed E-state index contributed by atoms with van der Waals surface area (Å²) in [5.74, 6) is -0.916. The highest BCUT2D eigenvalue weighted by atomic mass is 16.7. The Labute approximate surface area is 290 Å². The maximum atomic E-state index is 13.4. The maximum absolute atomic E-state index is 13.4. The lowest BCUT2D eigenvalue weighted by Crippen LogP contribution is -2.74. The van der Waals surface area contributed by atoms with E-state index in [4.69, 9.17) is 14.2 Å². The highest BCUT2D eigenvalue weighted by Gasteiger charge is 2.72. The SMILES string of the molecule is CCCCCCCC/C=C/CCCCCCCC(=O)C[C@@H](OC(=O)O)C(=O)OC1=CC[C@@]2(O)[C@H]3Cc4ccc(O)c5c4[C@@]2(CCN3C)[C@H]1O5.